The quantitative estimate of drug-likeness (QED) is 0.479. The number of carbonyl (C=O) groups is 1. The first-order valence-electron chi connectivity index (χ1n) is 10.8. The molecule has 0 spiro atoms. The van der Waals surface area contributed by atoms with Gasteiger partial charge >= 0.3 is 12.1 Å². The summed E-state index contributed by atoms with van der Waals surface area (Å²) in [5, 5.41) is 11.0. The van der Waals surface area contributed by atoms with Crippen molar-refractivity contribution in [3.05, 3.63) is 63.7 Å². The van der Waals surface area contributed by atoms with Crippen LogP contribution in [0.3, 0.4) is 0 Å². The van der Waals surface area contributed by atoms with Gasteiger partial charge in [-0.25, -0.2) is 22.9 Å². The molecule has 13 heteroatoms. The fourth-order valence-corrected chi connectivity index (χ4v) is 4.18. The second-order valence-corrected chi connectivity index (χ2v) is 8.48. The average molecular weight is 514 g/mol. The normalized spacial score (nSPS) is 16.7. The molecule has 1 aliphatic rings. The maximum Gasteiger partial charge on any atom is 0.412 e. The molecule has 0 aliphatic carbocycles. The van der Waals surface area contributed by atoms with Gasteiger partial charge in [-0.3, -0.25) is 9.36 Å². The number of nitrogens with one attached hydrogen (secondary N) is 1. The molecule has 2 heterocycles. The molecule has 1 fully saturated rings. The van der Waals surface area contributed by atoms with Gasteiger partial charge < -0.3 is 15.3 Å². The lowest BCUT2D eigenvalue weighted by Gasteiger charge is -2.33. The fourth-order valence-electron chi connectivity index (χ4n) is 4.18. The van der Waals surface area contributed by atoms with E-state index in [0.29, 0.717) is 6.07 Å². The van der Waals surface area contributed by atoms with Crippen molar-refractivity contribution in [1.29, 1.82) is 0 Å². The Morgan fingerprint density at radius 2 is 1.81 bits per heavy atom. The Morgan fingerprint density at radius 3 is 2.42 bits per heavy atom. The van der Waals surface area contributed by atoms with Gasteiger partial charge in [0, 0.05) is 44.2 Å². The predicted octanol–water partition coefficient (Wildman–Crippen LogP) is 4.72. The Kier molecular flexibility index (Phi) is 6.35. The molecule has 36 heavy (non-hydrogen) atoms. The lowest BCUT2D eigenvalue weighted by molar-refractivity contribution is -0.143. The van der Waals surface area contributed by atoms with E-state index in [4.69, 9.17) is 0 Å². The van der Waals surface area contributed by atoms with Crippen molar-refractivity contribution in [2.24, 2.45) is 7.05 Å². The Bertz CT molecular complexity index is 1380. The molecule has 2 aromatic carbocycles. The molecular weight excluding hydrogens is 494 g/mol. The topological polar surface area (TPSA) is 87.5 Å². The number of aromatic carboxylic acids is 1. The molecule has 0 radical (unpaired) electrons. The zero-order valence-electron chi connectivity index (χ0n) is 18.7. The number of hydrogen-bond donors (Lipinski definition) is 2. The van der Waals surface area contributed by atoms with Gasteiger partial charge in [-0.1, -0.05) is 12.1 Å². The molecule has 1 aromatic heterocycles. The molecule has 0 bridgehead atoms. The van der Waals surface area contributed by atoms with Gasteiger partial charge in [-0.15, -0.1) is 0 Å². The van der Waals surface area contributed by atoms with E-state index in [0.717, 1.165) is 22.8 Å². The van der Waals surface area contributed by atoms with Crippen molar-refractivity contribution in [2.75, 3.05) is 23.3 Å². The molecule has 1 saturated heterocycles. The second-order valence-electron chi connectivity index (χ2n) is 8.48. The van der Waals surface area contributed by atoms with Crippen molar-refractivity contribution < 1.29 is 36.2 Å². The predicted molar refractivity (Wildman–Crippen MR) is 119 cm³/mol. The molecule has 4 rings (SSSR count). The molecule has 1 unspecified atom stereocenters. The number of piperidine rings is 1. The standard InChI is InChI=1S/C23H20F6N4O3/c1-32-19(34)15-11-12(24)10-14(17(15)31-21(32)33-8-6-22(25,26)7-9-33)18(23(27,28)29)30-16-5-3-2-4-13(16)20(35)36/h2-5,10-11,18,30H,6-9H2,1H3,(H,35,36). The third-order valence-electron chi connectivity index (χ3n) is 6.02. The number of hydrogen-bond acceptors (Lipinski definition) is 5. The van der Waals surface area contributed by atoms with Gasteiger partial charge in [-0.05, 0) is 24.3 Å². The van der Waals surface area contributed by atoms with Gasteiger partial charge in [0.15, 0.2) is 6.04 Å². The van der Waals surface area contributed by atoms with E-state index in [2.05, 4.69) is 10.3 Å². The minimum absolute atomic E-state index is 0.136. The zero-order chi connectivity index (χ0) is 26.4. The van der Waals surface area contributed by atoms with Crippen LogP contribution in [-0.4, -0.2) is 45.8 Å². The van der Waals surface area contributed by atoms with E-state index < -0.39 is 70.4 Å². The van der Waals surface area contributed by atoms with Crippen LogP contribution in [0, 0.1) is 5.82 Å². The van der Waals surface area contributed by atoms with Gasteiger partial charge in [0.1, 0.15) is 5.82 Å². The van der Waals surface area contributed by atoms with Crippen molar-refractivity contribution in [2.45, 2.75) is 31.0 Å². The average Bonchev–Trinajstić information content (AvgIpc) is 2.79. The molecule has 1 aliphatic heterocycles. The van der Waals surface area contributed by atoms with Crippen LogP contribution in [0.15, 0.2) is 41.2 Å². The highest BCUT2D eigenvalue weighted by Crippen LogP contribution is 2.39. The summed E-state index contributed by atoms with van der Waals surface area (Å²) in [6, 6.07) is 3.54. The monoisotopic (exact) mass is 514 g/mol. The molecule has 0 saturated carbocycles. The van der Waals surface area contributed by atoms with Gasteiger partial charge in [0.2, 0.25) is 5.95 Å². The second kappa shape index (κ2) is 9.03. The van der Waals surface area contributed by atoms with Gasteiger partial charge in [0.05, 0.1) is 16.5 Å². The van der Waals surface area contributed by atoms with Crippen LogP contribution in [0.1, 0.15) is 34.8 Å². The minimum atomic E-state index is -5.07. The lowest BCUT2D eigenvalue weighted by atomic mass is 10.0. The third kappa shape index (κ3) is 4.82. The van der Waals surface area contributed by atoms with Crippen LogP contribution < -0.4 is 15.8 Å². The van der Waals surface area contributed by atoms with Crippen LogP contribution in [0.2, 0.25) is 0 Å². The van der Waals surface area contributed by atoms with Crippen molar-refractivity contribution >= 4 is 28.5 Å². The largest absolute Gasteiger partial charge is 0.478 e. The molecule has 1 atom stereocenters. The van der Waals surface area contributed by atoms with E-state index in [-0.39, 0.29) is 24.7 Å². The van der Waals surface area contributed by atoms with Crippen LogP contribution >= 0.6 is 0 Å². The highest BCUT2D eigenvalue weighted by Gasteiger charge is 2.43. The summed E-state index contributed by atoms with van der Waals surface area (Å²) in [7, 11) is 1.27. The fraction of sp³-hybridized carbons (Fsp3) is 0.348. The maximum absolute atomic E-state index is 14.5. The van der Waals surface area contributed by atoms with Gasteiger partial charge in [-0.2, -0.15) is 13.2 Å². The van der Waals surface area contributed by atoms with Crippen molar-refractivity contribution in [3.8, 4) is 0 Å². The van der Waals surface area contributed by atoms with Crippen molar-refractivity contribution in [1.82, 2.24) is 9.55 Å². The summed E-state index contributed by atoms with van der Waals surface area (Å²) in [5.41, 5.74) is -2.92. The maximum atomic E-state index is 14.5. The molecular formula is C23H20F6N4O3. The molecule has 2 N–H and O–H groups in total. The summed E-state index contributed by atoms with van der Waals surface area (Å²) >= 11 is 0. The molecule has 0 amide bonds. The number of nitrogens with zero attached hydrogens (tertiary/aromatic N) is 3. The number of rotatable bonds is 5. The SMILES string of the molecule is Cn1c(N2CCC(F)(F)CC2)nc2c(C(Nc3ccccc3C(=O)O)C(F)(F)F)cc(F)cc2c1=O. The molecule has 7 nitrogen and oxygen atoms in total. The number of para-hydroxylation sites is 1. The van der Waals surface area contributed by atoms with E-state index in [1.54, 1.807) is 0 Å². The first-order valence-corrected chi connectivity index (χ1v) is 10.8. The summed E-state index contributed by atoms with van der Waals surface area (Å²) < 4.78 is 85.5. The van der Waals surface area contributed by atoms with E-state index in [1.165, 1.54) is 24.1 Å². The molecule has 3 aromatic rings. The first kappa shape index (κ1) is 25.3. The van der Waals surface area contributed by atoms with E-state index >= 15 is 0 Å². The van der Waals surface area contributed by atoms with Crippen molar-refractivity contribution in [3.63, 3.8) is 0 Å². The Morgan fingerprint density at radius 1 is 1.17 bits per heavy atom. The number of halogens is 6. The summed E-state index contributed by atoms with van der Waals surface area (Å²) in [6.07, 6.45) is -6.13. The van der Waals surface area contributed by atoms with Gasteiger partial charge in [0.25, 0.3) is 11.5 Å². The number of alkyl halides is 5. The first-order chi connectivity index (χ1) is 16.8. The third-order valence-corrected chi connectivity index (χ3v) is 6.02. The highest BCUT2D eigenvalue weighted by molar-refractivity contribution is 5.94. The van der Waals surface area contributed by atoms with Crippen LogP contribution in [0.25, 0.3) is 10.9 Å². The number of carboxylic acids is 1. The number of aromatic nitrogens is 2. The Labute approximate surface area is 200 Å². The zero-order valence-corrected chi connectivity index (χ0v) is 18.7. The smallest absolute Gasteiger partial charge is 0.412 e. The number of carboxylic acid groups (broad SMARTS) is 1. The summed E-state index contributed by atoms with van der Waals surface area (Å²) in [4.78, 5) is 30.1. The Balaban J connectivity index is 1.90. The lowest BCUT2D eigenvalue weighted by Crippen LogP contribution is -2.42. The van der Waals surface area contributed by atoms with Crippen LogP contribution in [0.5, 0.6) is 0 Å². The highest BCUT2D eigenvalue weighted by atomic mass is 19.4. The van der Waals surface area contributed by atoms with Crippen LogP contribution in [-0.2, 0) is 7.05 Å². The number of fused-ring (bicyclic) bond motifs is 1. The summed E-state index contributed by atoms with van der Waals surface area (Å²) in [5.74, 6) is -5.67. The minimum Gasteiger partial charge on any atom is -0.478 e. The van der Waals surface area contributed by atoms with E-state index in [9.17, 15) is 41.0 Å². The Hall–Kier alpha value is -3.77. The molecule has 192 valence electrons. The number of benzene rings is 2. The number of anilines is 2. The van der Waals surface area contributed by atoms with E-state index in [1.807, 2.05) is 0 Å². The summed E-state index contributed by atoms with van der Waals surface area (Å²) in [6.45, 7) is -0.384. The van der Waals surface area contributed by atoms with Crippen LogP contribution in [0.4, 0.5) is 38.0 Å².